The van der Waals surface area contributed by atoms with E-state index in [1.54, 1.807) is 0 Å². The van der Waals surface area contributed by atoms with Crippen molar-refractivity contribution in [3.05, 3.63) is 10.6 Å². The van der Waals surface area contributed by atoms with Crippen LogP contribution in [0.4, 0.5) is 0 Å². The summed E-state index contributed by atoms with van der Waals surface area (Å²) in [5.41, 5.74) is 0.239. The fourth-order valence-corrected chi connectivity index (χ4v) is 8.19. The zero-order chi connectivity index (χ0) is 17.9. The third-order valence-electron chi connectivity index (χ3n) is 7.03. The number of alkyl halides is 1. The van der Waals surface area contributed by atoms with Crippen molar-refractivity contribution < 1.29 is 4.79 Å². The largest absolute Gasteiger partial charge is 0.354 e. The van der Waals surface area contributed by atoms with E-state index in [2.05, 4.69) is 36.0 Å². The summed E-state index contributed by atoms with van der Waals surface area (Å²) >= 11 is 9.38. The molecule has 0 saturated heterocycles. The highest BCUT2D eigenvalue weighted by atomic mass is 79.9. The Morgan fingerprint density at radius 2 is 2.04 bits per heavy atom. The number of halogens is 1. The van der Waals surface area contributed by atoms with Crippen LogP contribution < -0.4 is 5.32 Å². The SMILES string of the molecule is O=C(CC12CC3CC(CC(Br)(C3)C1)C2)NCCn1c(C2CC2)n[nH]c1=S. The van der Waals surface area contributed by atoms with E-state index in [4.69, 9.17) is 12.2 Å². The number of hydrogen-bond acceptors (Lipinski definition) is 3. The Balaban J connectivity index is 1.18. The number of rotatable bonds is 6. The highest BCUT2D eigenvalue weighted by molar-refractivity contribution is 9.10. The third kappa shape index (κ3) is 3.19. The van der Waals surface area contributed by atoms with Crippen LogP contribution in [0.1, 0.15) is 69.5 Å². The van der Waals surface area contributed by atoms with E-state index in [9.17, 15) is 4.79 Å². The van der Waals surface area contributed by atoms with Gasteiger partial charge < -0.3 is 9.88 Å². The van der Waals surface area contributed by atoms with Gasteiger partial charge in [-0.15, -0.1) is 0 Å². The average Bonchev–Trinajstić information content (AvgIpc) is 3.29. The minimum absolute atomic E-state index is 0.214. The minimum Gasteiger partial charge on any atom is -0.354 e. The van der Waals surface area contributed by atoms with Crippen molar-refractivity contribution in [2.24, 2.45) is 17.3 Å². The normalized spacial score (nSPS) is 37.9. The second-order valence-corrected chi connectivity index (χ2v) is 11.5. The van der Waals surface area contributed by atoms with Crippen LogP contribution in [0.15, 0.2) is 0 Å². The first-order valence-electron chi connectivity index (χ1n) is 10.0. The van der Waals surface area contributed by atoms with Gasteiger partial charge in [-0.2, -0.15) is 5.10 Å². The maximum absolute atomic E-state index is 12.7. The summed E-state index contributed by atoms with van der Waals surface area (Å²) < 4.78 is 3.05. The van der Waals surface area contributed by atoms with Gasteiger partial charge in [-0.05, 0) is 80.8 Å². The predicted octanol–water partition coefficient (Wildman–Crippen LogP) is 4.06. The highest BCUT2D eigenvalue weighted by Gasteiger charge is 2.57. The zero-order valence-electron chi connectivity index (χ0n) is 15.1. The summed E-state index contributed by atoms with van der Waals surface area (Å²) in [6, 6.07) is 0. The number of aromatic nitrogens is 3. The molecule has 2 unspecified atom stereocenters. The standard InChI is InChI=1S/C19H27BrN4OS/c20-19-8-12-5-13(9-19)7-18(6-12,11-19)10-15(25)21-3-4-24-16(14-1-2-14)22-23-17(24)26/h12-14H,1-11H2,(H,21,25)(H,23,26). The van der Waals surface area contributed by atoms with Crippen molar-refractivity contribution in [1.29, 1.82) is 0 Å². The van der Waals surface area contributed by atoms with Gasteiger partial charge in [0.2, 0.25) is 5.91 Å². The second-order valence-electron chi connectivity index (χ2n) is 9.45. The van der Waals surface area contributed by atoms with Crippen LogP contribution in [-0.4, -0.2) is 31.5 Å². The van der Waals surface area contributed by atoms with Gasteiger partial charge in [0.25, 0.3) is 0 Å². The van der Waals surface area contributed by atoms with Gasteiger partial charge in [0.15, 0.2) is 4.77 Å². The lowest BCUT2D eigenvalue weighted by atomic mass is 9.48. The van der Waals surface area contributed by atoms with Crippen LogP contribution in [0.5, 0.6) is 0 Å². The van der Waals surface area contributed by atoms with Crippen molar-refractivity contribution in [3.8, 4) is 0 Å². The van der Waals surface area contributed by atoms with Crippen molar-refractivity contribution >= 4 is 34.1 Å². The van der Waals surface area contributed by atoms with Gasteiger partial charge in [-0.25, -0.2) is 0 Å². The molecule has 6 rings (SSSR count). The molecule has 7 heteroatoms. The van der Waals surface area contributed by atoms with Crippen LogP contribution in [0.2, 0.25) is 0 Å². The molecule has 0 radical (unpaired) electrons. The molecule has 0 aromatic carbocycles. The monoisotopic (exact) mass is 438 g/mol. The molecule has 1 aromatic heterocycles. The van der Waals surface area contributed by atoms with E-state index in [1.165, 1.54) is 51.4 Å². The Hall–Kier alpha value is -0.690. The fourth-order valence-electron chi connectivity index (χ4n) is 6.45. The molecule has 4 bridgehead atoms. The first-order chi connectivity index (χ1) is 12.4. The maximum atomic E-state index is 12.7. The molecule has 0 spiro atoms. The summed E-state index contributed by atoms with van der Waals surface area (Å²) in [5, 5.41) is 10.4. The molecule has 1 aromatic rings. The van der Waals surface area contributed by atoms with Crippen LogP contribution in [0.3, 0.4) is 0 Å². The van der Waals surface area contributed by atoms with Crippen LogP contribution in [0.25, 0.3) is 0 Å². The first kappa shape index (κ1) is 17.4. The first-order valence-corrected chi connectivity index (χ1v) is 11.2. The Kier molecular flexibility index (Phi) is 4.12. The van der Waals surface area contributed by atoms with E-state index in [0.29, 0.717) is 34.5 Å². The number of carbonyl (C=O) groups is 1. The summed E-state index contributed by atoms with van der Waals surface area (Å²) in [6.45, 7) is 1.35. The lowest BCUT2D eigenvalue weighted by Gasteiger charge is -2.60. The Morgan fingerprint density at radius 3 is 2.69 bits per heavy atom. The quantitative estimate of drug-likeness (QED) is 0.519. The van der Waals surface area contributed by atoms with E-state index in [1.807, 2.05) is 0 Å². The number of nitrogens with one attached hydrogen (secondary N) is 2. The van der Waals surface area contributed by atoms with Crippen molar-refractivity contribution in [3.63, 3.8) is 0 Å². The smallest absolute Gasteiger partial charge is 0.220 e. The van der Waals surface area contributed by atoms with Gasteiger partial charge >= 0.3 is 0 Å². The molecule has 0 aliphatic heterocycles. The van der Waals surface area contributed by atoms with Crippen molar-refractivity contribution in [2.45, 2.75) is 74.6 Å². The van der Waals surface area contributed by atoms with E-state index in [-0.39, 0.29) is 11.3 Å². The van der Waals surface area contributed by atoms with Crippen molar-refractivity contribution in [1.82, 2.24) is 20.1 Å². The average molecular weight is 439 g/mol. The van der Waals surface area contributed by atoms with Crippen molar-refractivity contribution in [2.75, 3.05) is 6.54 Å². The molecule has 5 aliphatic carbocycles. The molecule has 5 saturated carbocycles. The number of aromatic amines is 1. The molecular weight excluding hydrogens is 412 g/mol. The molecule has 26 heavy (non-hydrogen) atoms. The fraction of sp³-hybridized carbons (Fsp3) is 0.842. The molecule has 142 valence electrons. The molecular formula is C19H27BrN4OS. The van der Waals surface area contributed by atoms with E-state index < -0.39 is 0 Å². The van der Waals surface area contributed by atoms with Gasteiger partial charge in [0.1, 0.15) is 5.82 Å². The Labute approximate surface area is 167 Å². The second kappa shape index (κ2) is 6.16. The molecule has 2 N–H and O–H groups in total. The Morgan fingerprint density at radius 1 is 1.31 bits per heavy atom. The molecule has 5 aliphatic rings. The summed E-state index contributed by atoms with van der Waals surface area (Å²) in [7, 11) is 0. The topological polar surface area (TPSA) is 62.7 Å². The number of amides is 1. The molecule has 2 atom stereocenters. The number of nitrogens with zero attached hydrogens (tertiary/aromatic N) is 2. The van der Waals surface area contributed by atoms with Crippen LogP contribution in [0, 0.1) is 22.0 Å². The molecule has 5 fully saturated rings. The zero-order valence-corrected chi connectivity index (χ0v) is 17.5. The van der Waals surface area contributed by atoms with Gasteiger partial charge in [-0.3, -0.25) is 9.89 Å². The molecule has 5 nitrogen and oxygen atoms in total. The number of carbonyl (C=O) groups excluding carboxylic acids is 1. The van der Waals surface area contributed by atoms with E-state index in [0.717, 1.165) is 17.7 Å². The number of H-pyrrole nitrogens is 1. The Bertz CT molecular complexity index is 769. The molecule has 1 amide bonds. The van der Waals surface area contributed by atoms with Gasteiger partial charge in [0, 0.05) is 29.8 Å². The maximum Gasteiger partial charge on any atom is 0.220 e. The predicted molar refractivity (Wildman–Crippen MR) is 106 cm³/mol. The van der Waals surface area contributed by atoms with Crippen LogP contribution >= 0.6 is 28.1 Å². The van der Waals surface area contributed by atoms with Gasteiger partial charge in [0.05, 0.1) is 0 Å². The van der Waals surface area contributed by atoms with Gasteiger partial charge in [-0.1, -0.05) is 15.9 Å². The van der Waals surface area contributed by atoms with Crippen LogP contribution in [-0.2, 0) is 11.3 Å². The lowest BCUT2D eigenvalue weighted by molar-refractivity contribution is -0.128. The lowest BCUT2D eigenvalue weighted by Crippen LogP contribution is -2.54. The summed E-state index contributed by atoms with van der Waals surface area (Å²) in [5.74, 6) is 3.49. The summed E-state index contributed by atoms with van der Waals surface area (Å²) in [4.78, 5) is 12.7. The third-order valence-corrected chi connectivity index (χ3v) is 8.27. The highest BCUT2D eigenvalue weighted by Crippen LogP contribution is 2.65. The number of hydrogen-bond donors (Lipinski definition) is 2. The molecule has 1 heterocycles. The van der Waals surface area contributed by atoms with E-state index >= 15 is 0 Å². The minimum atomic E-state index is 0.214. The summed E-state index contributed by atoms with van der Waals surface area (Å²) in [6.07, 6.45) is 10.8.